The van der Waals surface area contributed by atoms with Crippen LogP contribution < -0.4 is 5.32 Å². The van der Waals surface area contributed by atoms with Gasteiger partial charge in [-0.2, -0.15) is 0 Å². The van der Waals surface area contributed by atoms with Gasteiger partial charge in [0.15, 0.2) is 0 Å². The quantitative estimate of drug-likeness (QED) is 0.602. The Bertz CT molecular complexity index is 328. The first-order valence-corrected chi connectivity index (χ1v) is 7.64. The van der Waals surface area contributed by atoms with Gasteiger partial charge < -0.3 is 10.1 Å². The van der Waals surface area contributed by atoms with Crippen LogP contribution in [0.3, 0.4) is 0 Å². The highest BCUT2D eigenvalue weighted by Crippen LogP contribution is 2.07. The minimum Gasteiger partial charge on any atom is -0.375 e. The second-order valence-electron chi connectivity index (χ2n) is 4.91. The Kier molecular flexibility index (Phi) is 9.07. The van der Waals surface area contributed by atoms with E-state index in [1.807, 2.05) is 18.2 Å². The van der Waals surface area contributed by atoms with Gasteiger partial charge in [0.05, 0.1) is 12.3 Å². The number of aromatic nitrogens is 1. The Morgan fingerprint density at radius 3 is 2.68 bits per heavy atom. The Morgan fingerprint density at radius 2 is 1.89 bits per heavy atom. The molecule has 0 aliphatic heterocycles. The highest BCUT2D eigenvalue weighted by atomic mass is 16.5. The van der Waals surface area contributed by atoms with E-state index < -0.39 is 0 Å². The van der Waals surface area contributed by atoms with Gasteiger partial charge in [0.2, 0.25) is 0 Å². The molecule has 0 spiro atoms. The third-order valence-corrected chi connectivity index (χ3v) is 3.01. The standard InChI is InChI=1S/C16H28N2O/c1-3-5-6-7-8-13-19-14-15-10-9-11-16(18-15)17-12-4-2/h9-11H,3-8,12-14H2,1-2H3,(H,17,18). The number of ether oxygens (including phenoxy) is 1. The topological polar surface area (TPSA) is 34.1 Å². The van der Waals surface area contributed by atoms with Crippen LogP contribution in [0.2, 0.25) is 0 Å². The van der Waals surface area contributed by atoms with E-state index >= 15 is 0 Å². The smallest absolute Gasteiger partial charge is 0.126 e. The molecule has 3 heteroatoms. The van der Waals surface area contributed by atoms with Crippen LogP contribution in [0.1, 0.15) is 58.1 Å². The lowest BCUT2D eigenvalue weighted by molar-refractivity contribution is 0.114. The summed E-state index contributed by atoms with van der Waals surface area (Å²) < 4.78 is 5.67. The van der Waals surface area contributed by atoms with Crippen LogP contribution in [0.15, 0.2) is 18.2 Å². The highest BCUT2D eigenvalue weighted by Gasteiger charge is 1.98. The zero-order valence-electron chi connectivity index (χ0n) is 12.5. The molecule has 1 heterocycles. The van der Waals surface area contributed by atoms with E-state index in [0.717, 1.165) is 37.5 Å². The van der Waals surface area contributed by atoms with Crippen molar-refractivity contribution in [3.63, 3.8) is 0 Å². The van der Waals surface area contributed by atoms with Crippen molar-refractivity contribution in [2.24, 2.45) is 0 Å². The molecule has 1 N–H and O–H groups in total. The summed E-state index contributed by atoms with van der Waals surface area (Å²) in [5, 5.41) is 3.29. The maximum Gasteiger partial charge on any atom is 0.126 e. The van der Waals surface area contributed by atoms with Gasteiger partial charge in [-0.1, -0.05) is 45.6 Å². The molecule has 1 rings (SSSR count). The molecule has 0 amide bonds. The van der Waals surface area contributed by atoms with E-state index in [1.54, 1.807) is 0 Å². The van der Waals surface area contributed by atoms with Gasteiger partial charge in [0.1, 0.15) is 5.82 Å². The zero-order valence-corrected chi connectivity index (χ0v) is 12.5. The summed E-state index contributed by atoms with van der Waals surface area (Å²) in [6, 6.07) is 6.06. The summed E-state index contributed by atoms with van der Waals surface area (Å²) in [5.74, 6) is 0.950. The predicted octanol–water partition coefficient (Wildman–Crippen LogP) is 4.39. The molecule has 19 heavy (non-hydrogen) atoms. The monoisotopic (exact) mass is 264 g/mol. The lowest BCUT2D eigenvalue weighted by atomic mass is 10.2. The lowest BCUT2D eigenvalue weighted by Crippen LogP contribution is -2.04. The molecule has 0 fully saturated rings. The van der Waals surface area contributed by atoms with Gasteiger partial charge in [-0.15, -0.1) is 0 Å². The SMILES string of the molecule is CCCCCCCOCc1cccc(NCCC)n1. The summed E-state index contributed by atoms with van der Waals surface area (Å²) in [5.41, 5.74) is 1.01. The number of nitrogens with one attached hydrogen (secondary N) is 1. The summed E-state index contributed by atoms with van der Waals surface area (Å²) in [6.45, 7) is 6.82. The summed E-state index contributed by atoms with van der Waals surface area (Å²) >= 11 is 0. The van der Waals surface area contributed by atoms with E-state index in [0.29, 0.717) is 6.61 Å². The summed E-state index contributed by atoms with van der Waals surface area (Å²) in [6.07, 6.45) is 7.51. The molecule has 0 radical (unpaired) electrons. The molecule has 3 nitrogen and oxygen atoms in total. The van der Waals surface area contributed by atoms with Gasteiger partial charge >= 0.3 is 0 Å². The second-order valence-corrected chi connectivity index (χ2v) is 4.91. The molecule has 0 atom stereocenters. The van der Waals surface area contributed by atoms with E-state index in [1.165, 1.54) is 25.7 Å². The number of hydrogen-bond acceptors (Lipinski definition) is 3. The molecule has 0 aliphatic rings. The van der Waals surface area contributed by atoms with Gasteiger partial charge in [-0.25, -0.2) is 4.98 Å². The fraction of sp³-hybridized carbons (Fsp3) is 0.688. The minimum atomic E-state index is 0.620. The van der Waals surface area contributed by atoms with Crippen molar-refractivity contribution < 1.29 is 4.74 Å². The summed E-state index contributed by atoms with van der Waals surface area (Å²) in [7, 11) is 0. The molecule has 0 saturated heterocycles. The number of unbranched alkanes of at least 4 members (excludes halogenated alkanes) is 4. The molecular formula is C16H28N2O. The fourth-order valence-corrected chi connectivity index (χ4v) is 1.90. The van der Waals surface area contributed by atoms with Crippen molar-refractivity contribution in [2.45, 2.75) is 59.0 Å². The van der Waals surface area contributed by atoms with E-state index in [-0.39, 0.29) is 0 Å². The van der Waals surface area contributed by atoms with Crippen molar-refractivity contribution in [3.8, 4) is 0 Å². The molecule has 0 bridgehead atoms. The van der Waals surface area contributed by atoms with Crippen LogP contribution in [0.25, 0.3) is 0 Å². The van der Waals surface area contributed by atoms with Crippen LogP contribution in [0.5, 0.6) is 0 Å². The van der Waals surface area contributed by atoms with Gasteiger partial charge in [-0.05, 0) is 25.0 Å². The fourth-order valence-electron chi connectivity index (χ4n) is 1.90. The maximum absolute atomic E-state index is 5.67. The first kappa shape index (κ1) is 16.0. The average molecular weight is 264 g/mol. The van der Waals surface area contributed by atoms with Crippen LogP contribution in [-0.4, -0.2) is 18.1 Å². The van der Waals surface area contributed by atoms with Gasteiger partial charge in [0.25, 0.3) is 0 Å². The van der Waals surface area contributed by atoms with Crippen molar-refractivity contribution in [1.29, 1.82) is 0 Å². The van der Waals surface area contributed by atoms with Crippen LogP contribution in [-0.2, 0) is 11.3 Å². The number of rotatable bonds is 11. The Balaban J connectivity index is 2.14. The molecule has 0 saturated carbocycles. The number of nitrogens with zero attached hydrogens (tertiary/aromatic N) is 1. The number of hydrogen-bond donors (Lipinski definition) is 1. The van der Waals surface area contributed by atoms with Crippen molar-refractivity contribution in [2.75, 3.05) is 18.5 Å². The first-order chi connectivity index (χ1) is 9.36. The van der Waals surface area contributed by atoms with Crippen LogP contribution >= 0.6 is 0 Å². The third kappa shape index (κ3) is 7.83. The van der Waals surface area contributed by atoms with Crippen molar-refractivity contribution in [1.82, 2.24) is 4.98 Å². The van der Waals surface area contributed by atoms with Crippen LogP contribution in [0, 0.1) is 0 Å². The molecule has 1 aromatic heterocycles. The first-order valence-electron chi connectivity index (χ1n) is 7.64. The van der Waals surface area contributed by atoms with Gasteiger partial charge in [-0.3, -0.25) is 0 Å². The molecule has 0 aromatic carbocycles. The Labute approximate surface area is 117 Å². The zero-order chi connectivity index (χ0) is 13.8. The van der Waals surface area contributed by atoms with E-state index in [9.17, 15) is 0 Å². The molecule has 0 unspecified atom stereocenters. The normalized spacial score (nSPS) is 10.6. The molecule has 1 aromatic rings. The van der Waals surface area contributed by atoms with Crippen molar-refractivity contribution >= 4 is 5.82 Å². The van der Waals surface area contributed by atoms with E-state index in [4.69, 9.17) is 4.74 Å². The largest absolute Gasteiger partial charge is 0.375 e. The molecule has 108 valence electrons. The van der Waals surface area contributed by atoms with Gasteiger partial charge in [0, 0.05) is 13.2 Å². The Morgan fingerprint density at radius 1 is 1.05 bits per heavy atom. The predicted molar refractivity (Wildman–Crippen MR) is 81.4 cm³/mol. The third-order valence-electron chi connectivity index (χ3n) is 3.01. The minimum absolute atomic E-state index is 0.620. The van der Waals surface area contributed by atoms with Crippen LogP contribution in [0.4, 0.5) is 5.82 Å². The number of pyridine rings is 1. The Hall–Kier alpha value is -1.09. The average Bonchev–Trinajstić information content (AvgIpc) is 2.44. The van der Waals surface area contributed by atoms with Crippen molar-refractivity contribution in [3.05, 3.63) is 23.9 Å². The lowest BCUT2D eigenvalue weighted by Gasteiger charge is -2.07. The molecular weight excluding hydrogens is 236 g/mol. The summed E-state index contributed by atoms with van der Waals surface area (Å²) in [4.78, 5) is 4.52. The second kappa shape index (κ2) is 10.8. The molecule has 0 aliphatic carbocycles. The highest BCUT2D eigenvalue weighted by molar-refractivity contribution is 5.34. The number of anilines is 1. The van der Waals surface area contributed by atoms with E-state index in [2.05, 4.69) is 24.1 Å². The maximum atomic E-state index is 5.67.